The molecule has 9 heteroatoms. The summed E-state index contributed by atoms with van der Waals surface area (Å²) < 4.78 is 21.6. The standard InChI is InChI=1S/C21H28N2O7/c1-7-23-18(24)14-15(19(23)25)21(3,20(26)30-8-2)22-16(14)11-9-12(27-4)17(29-6)13(10-11)28-5/h9-10,14-16,22H,7-8H2,1-6H3/p+1/t14-,15+,16-,21+/m0/s1. The van der Waals surface area contributed by atoms with E-state index in [0.717, 1.165) is 0 Å². The van der Waals surface area contributed by atoms with Gasteiger partial charge in [0.25, 0.3) is 0 Å². The lowest BCUT2D eigenvalue weighted by molar-refractivity contribution is -0.731. The molecule has 3 rings (SSSR count). The van der Waals surface area contributed by atoms with Gasteiger partial charge in [-0.2, -0.15) is 0 Å². The van der Waals surface area contributed by atoms with Gasteiger partial charge in [0.15, 0.2) is 11.5 Å². The van der Waals surface area contributed by atoms with Crippen molar-refractivity contribution >= 4 is 17.8 Å². The summed E-state index contributed by atoms with van der Waals surface area (Å²) in [5.74, 6) is -1.34. The van der Waals surface area contributed by atoms with Crippen LogP contribution in [0.5, 0.6) is 17.2 Å². The van der Waals surface area contributed by atoms with Crippen molar-refractivity contribution in [1.29, 1.82) is 0 Å². The van der Waals surface area contributed by atoms with Crippen LogP contribution in [0.2, 0.25) is 0 Å². The number of esters is 1. The molecule has 0 aliphatic carbocycles. The Morgan fingerprint density at radius 2 is 1.67 bits per heavy atom. The van der Waals surface area contributed by atoms with E-state index >= 15 is 0 Å². The maximum Gasteiger partial charge on any atom is 0.368 e. The van der Waals surface area contributed by atoms with E-state index in [-0.39, 0.29) is 25.0 Å². The molecule has 2 N–H and O–H groups in total. The van der Waals surface area contributed by atoms with E-state index in [4.69, 9.17) is 18.9 Å². The van der Waals surface area contributed by atoms with Gasteiger partial charge in [0.1, 0.15) is 17.9 Å². The van der Waals surface area contributed by atoms with Crippen molar-refractivity contribution in [2.75, 3.05) is 34.5 Å². The van der Waals surface area contributed by atoms with Crippen molar-refractivity contribution < 1.29 is 38.6 Å². The smallest absolute Gasteiger partial charge is 0.368 e. The molecule has 0 unspecified atom stereocenters. The summed E-state index contributed by atoms with van der Waals surface area (Å²) in [7, 11) is 4.52. The fourth-order valence-corrected chi connectivity index (χ4v) is 4.71. The van der Waals surface area contributed by atoms with Crippen LogP contribution in [-0.2, 0) is 19.1 Å². The molecular formula is C21H29N2O7+. The van der Waals surface area contributed by atoms with Crippen molar-refractivity contribution in [2.45, 2.75) is 32.4 Å². The van der Waals surface area contributed by atoms with Crippen LogP contribution in [0.15, 0.2) is 12.1 Å². The molecule has 164 valence electrons. The number of methoxy groups -OCH3 is 3. The van der Waals surface area contributed by atoms with Gasteiger partial charge in [-0.1, -0.05) is 0 Å². The Morgan fingerprint density at radius 1 is 1.07 bits per heavy atom. The van der Waals surface area contributed by atoms with Crippen molar-refractivity contribution in [3.05, 3.63) is 17.7 Å². The maximum absolute atomic E-state index is 13.2. The molecule has 0 aromatic heterocycles. The van der Waals surface area contributed by atoms with Crippen LogP contribution in [-0.4, -0.2) is 62.7 Å². The number of amides is 2. The van der Waals surface area contributed by atoms with Crippen molar-refractivity contribution in [1.82, 2.24) is 4.90 Å². The molecule has 0 bridgehead atoms. The first kappa shape index (κ1) is 21.9. The number of hydrogen-bond acceptors (Lipinski definition) is 7. The number of ether oxygens (including phenoxy) is 4. The second kappa shape index (κ2) is 8.14. The third-order valence-electron chi connectivity index (χ3n) is 6.10. The summed E-state index contributed by atoms with van der Waals surface area (Å²) >= 11 is 0. The Hall–Kier alpha value is -2.81. The van der Waals surface area contributed by atoms with Crippen LogP contribution in [0, 0.1) is 11.8 Å². The van der Waals surface area contributed by atoms with Gasteiger partial charge in [-0.05, 0) is 26.0 Å². The first-order valence-corrected chi connectivity index (χ1v) is 9.97. The first-order valence-electron chi connectivity index (χ1n) is 9.97. The number of nitrogens with zero attached hydrogens (tertiary/aromatic N) is 1. The highest BCUT2D eigenvalue weighted by atomic mass is 16.5. The molecule has 2 aliphatic rings. The molecule has 30 heavy (non-hydrogen) atoms. The number of rotatable bonds is 7. The van der Waals surface area contributed by atoms with Crippen LogP contribution in [0.1, 0.15) is 32.4 Å². The van der Waals surface area contributed by atoms with E-state index in [9.17, 15) is 14.4 Å². The monoisotopic (exact) mass is 421 g/mol. The quantitative estimate of drug-likeness (QED) is 0.497. The molecule has 9 nitrogen and oxygen atoms in total. The average molecular weight is 421 g/mol. The molecule has 2 aliphatic heterocycles. The van der Waals surface area contributed by atoms with Crippen LogP contribution in [0.25, 0.3) is 0 Å². The molecule has 2 amide bonds. The fourth-order valence-electron chi connectivity index (χ4n) is 4.71. The van der Waals surface area contributed by atoms with Gasteiger partial charge < -0.3 is 24.3 Å². The van der Waals surface area contributed by atoms with E-state index in [0.29, 0.717) is 22.8 Å². The Labute approximate surface area is 175 Å². The average Bonchev–Trinajstić information content (AvgIpc) is 3.20. The molecule has 1 aromatic carbocycles. The van der Waals surface area contributed by atoms with E-state index in [1.807, 2.05) is 0 Å². The Bertz CT molecular complexity index is 846. The van der Waals surface area contributed by atoms with Crippen LogP contribution in [0.3, 0.4) is 0 Å². The van der Waals surface area contributed by atoms with Crippen LogP contribution >= 0.6 is 0 Å². The minimum atomic E-state index is -1.22. The summed E-state index contributed by atoms with van der Waals surface area (Å²) in [4.78, 5) is 40.3. The number of fused-ring (bicyclic) bond motifs is 1. The number of carbonyl (C=O) groups is 3. The Morgan fingerprint density at radius 3 is 2.13 bits per heavy atom. The Balaban J connectivity index is 2.15. The highest BCUT2D eigenvalue weighted by Gasteiger charge is 2.70. The summed E-state index contributed by atoms with van der Waals surface area (Å²) in [5.41, 5.74) is -0.519. The third-order valence-corrected chi connectivity index (χ3v) is 6.10. The third kappa shape index (κ3) is 3.08. The van der Waals surface area contributed by atoms with Crippen molar-refractivity contribution in [2.24, 2.45) is 11.8 Å². The van der Waals surface area contributed by atoms with Gasteiger partial charge in [-0.3, -0.25) is 14.5 Å². The molecule has 2 heterocycles. The number of likely N-dealkylation sites (tertiary alicyclic amines) is 1. The first-order chi connectivity index (χ1) is 14.3. The minimum Gasteiger partial charge on any atom is -0.493 e. The molecule has 4 atom stereocenters. The lowest BCUT2D eigenvalue weighted by atomic mass is 9.80. The highest BCUT2D eigenvalue weighted by Crippen LogP contribution is 2.47. The molecule has 2 saturated heterocycles. The summed E-state index contributed by atoms with van der Waals surface area (Å²) in [6, 6.07) is 3.01. The number of nitrogens with two attached hydrogens (primary N) is 1. The second-order valence-electron chi connectivity index (χ2n) is 7.58. The molecular weight excluding hydrogens is 392 g/mol. The number of carbonyl (C=O) groups excluding carboxylic acids is 3. The Kier molecular flexibility index (Phi) is 5.94. The van der Waals surface area contributed by atoms with Gasteiger partial charge in [0, 0.05) is 19.0 Å². The highest BCUT2D eigenvalue weighted by molar-refractivity contribution is 6.08. The topological polar surface area (TPSA) is 108 Å². The van der Waals surface area contributed by atoms with Crippen LogP contribution in [0.4, 0.5) is 0 Å². The lowest BCUT2D eigenvalue weighted by Gasteiger charge is -2.26. The SMILES string of the molecule is CCOC(=O)[C@]1(C)[NH2+][C@@H](c2cc(OC)c(OC)c(OC)c2)[C@H]2C(=O)N(CC)C(=O)[C@@H]21. The predicted molar refractivity (Wildman–Crippen MR) is 105 cm³/mol. The molecule has 0 saturated carbocycles. The van der Waals surface area contributed by atoms with Gasteiger partial charge in [0.05, 0.1) is 27.9 Å². The number of benzene rings is 1. The summed E-state index contributed by atoms with van der Waals surface area (Å²) in [6.07, 6.45) is 0. The minimum absolute atomic E-state index is 0.189. The van der Waals surface area contributed by atoms with Crippen molar-refractivity contribution in [3.63, 3.8) is 0 Å². The number of hydrogen-bond donors (Lipinski definition) is 1. The van der Waals surface area contributed by atoms with Gasteiger partial charge in [0.2, 0.25) is 23.1 Å². The van der Waals surface area contributed by atoms with E-state index in [1.165, 1.54) is 26.2 Å². The molecule has 2 fully saturated rings. The van der Waals surface area contributed by atoms with Gasteiger partial charge in [-0.25, -0.2) is 4.79 Å². The zero-order chi connectivity index (χ0) is 22.2. The van der Waals surface area contributed by atoms with E-state index in [1.54, 1.807) is 38.2 Å². The predicted octanol–water partition coefficient (Wildman–Crippen LogP) is 0.273. The van der Waals surface area contributed by atoms with E-state index < -0.39 is 29.4 Å². The number of imide groups is 1. The second-order valence-corrected chi connectivity index (χ2v) is 7.58. The van der Waals surface area contributed by atoms with Gasteiger partial charge in [-0.15, -0.1) is 0 Å². The fraction of sp³-hybridized carbons (Fsp3) is 0.571. The summed E-state index contributed by atoms with van der Waals surface area (Å²) in [6.45, 7) is 5.58. The largest absolute Gasteiger partial charge is 0.493 e. The maximum atomic E-state index is 13.2. The van der Waals surface area contributed by atoms with Crippen LogP contribution < -0.4 is 19.5 Å². The lowest BCUT2D eigenvalue weighted by Crippen LogP contribution is -2.97. The van der Waals surface area contributed by atoms with Crippen molar-refractivity contribution in [3.8, 4) is 17.2 Å². The van der Waals surface area contributed by atoms with E-state index in [2.05, 4.69) is 0 Å². The number of quaternary nitrogens is 1. The normalized spacial score (nSPS) is 27.8. The summed E-state index contributed by atoms with van der Waals surface area (Å²) in [5, 5.41) is 1.77. The molecule has 0 radical (unpaired) electrons. The zero-order valence-corrected chi connectivity index (χ0v) is 18.2. The molecule has 0 spiro atoms. The molecule has 1 aromatic rings. The van der Waals surface area contributed by atoms with Gasteiger partial charge >= 0.3 is 5.97 Å². The zero-order valence-electron chi connectivity index (χ0n) is 18.2.